The highest BCUT2D eigenvalue weighted by Crippen LogP contribution is 2.22. The van der Waals surface area contributed by atoms with Gasteiger partial charge in [0.15, 0.2) is 0 Å². The number of benzene rings is 1. The van der Waals surface area contributed by atoms with E-state index >= 15 is 0 Å². The average Bonchev–Trinajstić information content (AvgIpc) is 3.08. The maximum atomic E-state index is 5.97. The Morgan fingerprint density at radius 2 is 2.24 bits per heavy atom. The maximum Gasteiger partial charge on any atom is 0.324 e. The van der Waals surface area contributed by atoms with E-state index in [1.165, 1.54) is 0 Å². The van der Waals surface area contributed by atoms with Crippen molar-refractivity contribution in [2.24, 2.45) is 7.05 Å². The molecule has 0 bridgehead atoms. The lowest BCUT2D eigenvalue weighted by Gasteiger charge is -2.11. The SMILES string of the molecule is CN(Cc1cnn(C)c1)c1nc(-c2cccc(Cl)c2)no1. The molecular weight excluding hydrogens is 290 g/mol. The van der Waals surface area contributed by atoms with Crippen LogP contribution in [0.3, 0.4) is 0 Å². The molecule has 108 valence electrons. The molecule has 0 N–H and O–H groups in total. The van der Waals surface area contributed by atoms with Gasteiger partial charge in [-0.05, 0) is 12.1 Å². The topological polar surface area (TPSA) is 60.0 Å². The van der Waals surface area contributed by atoms with Crippen molar-refractivity contribution in [3.8, 4) is 11.4 Å². The van der Waals surface area contributed by atoms with E-state index in [1.54, 1.807) is 16.8 Å². The minimum Gasteiger partial charge on any atom is -0.323 e. The predicted octanol–water partition coefficient (Wildman–Crippen LogP) is 2.76. The molecular formula is C14H14ClN5O. The first-order valence-electron chi connectivity index (χ1n) is 6.40. The van der Waals surface area contributed by atoms with Crippen molar-refractivity contribution < 1.29 is 4.52 Å². The van der Waals surface area contributed by atoms with Gasteiger partial charge in [-0.1, -0.05) is 28.9 Å². The van der Waals surface area contributed by atoms with E-state index in [0.717, 1.165) is 11.1 Å². The molecule has 0 saturated heterocycles. The molecule has 0 spiro atoms. The van der Waals surface area contributed by atoms with Crippen LogP contribution in [0.2, 0.25) is 5.02 Å². The van der Waals surface area contributed by atoms with Crippen LogP contribution in [0.15, 0.2) is 41.2 Å². The van der Waals surface area contributed by atoms with Crippen LogP contribution in [-0.2, 0) is 13.6 Å². The quantitative estimate of drug-likeness (QED) is 0.741. The first kappa shape index (κ1) is 13.6. The summed E-state index contributed by atoms with van der Waals surface area (Å²) in [6.07, 6.45) is 3.76. The number of aryl methyl sites for hydroxylation is 1. The van der Waals surface area contributed by atoms with Crippen LogP contribution < -0.4 is 4.90 Å². The van der Waals surface area contributed by atoms with Gasteiger partial charge in [-0.2, -0.15) is 10.1 Å². The van der Waals surface area contributed by atoms with Gasteiger partial charge in [0.2, 0.25) is 5.82 Å². The third kappa shape index (κ3) is 3.05. The molecule has 7 heteroatoms. The Kier molecular flexibility index (Phi) is 3.62. The predicted molar refractivity (Wildman–Crippen MR) is 80.1 cm³/mol. The summed E-state index contributed by atoms with van der Waals surface area (Å²) >= 11 is 5.97. The minimum atomic E-state index is 0.453. The van der Waals surface area contributed by atoms with Gasteiger partial charge in [-0.25, -0.2) is 0 Å². The second-order valence-electron chi connectivity index (χ2n) is 4.79. The van der Waals surface area contributed by atoms with Crippen LogP contribution in [0.1, 0.15) is 5.56 Å². The van der Waals surface area contributed by atoms with Crippen LogP contribution in [0, 0.1) is 0 Å². The summed E-state index contributed by atoms with van der Waals surface area (Å²) in [7, 11) is 3.77. The van der Waals surface area contributed by atoms with Crippen LogP contribution in [0.4, 0.5) is 6.01 Å². The van der Waals surface area contributed by atoms with Crippen molar-refractivity contribution in [2.45, 2.75) is 6.54 Å². The molecule has 0 aliphatic heterocycles. The second-order valence-corrected chi connectivity index (χ2v) is 5.23. The van der Waals surface area contributed by atoms with E-state index in [0.29, 0.717) is 23.4 Å². The van der Waals surface area contributed by atoms with Crippen molar-refractivity contribution in [3.05, 3.63) is 47.2 Å². The summed E-state index contributed by atoms with van der Waals surface area (Å²) in [6, 6.07) is 7.81. The van der Waals surface area contributed by atoms with Gasteiger partial charge < -0.3 is 9.42 Å². The lowest BCUT2D eigenvalue weighted by atomic mass is 10.2. The zero-order valence-corrected chi connectivity index (χ0v) is 12.4. The standard InChI is InChI=1S/C14H14ClN5O/c1-19(8-10-7-16-20(2)9-10)14-17-13(18-21-14)11-4-3-5-12(15)6-11/h3-7,9H,8H2,1-2H3. The molecule has 0 atom stereocenters. The average molecular weight is 304 g/mol. The van der Waals surface area contributed by atoms with Crippen LogP contribution in [0.25, 0.3) is 11.4 Å². The molecule has 2 heterocycles. The molecule has 3 aromatic rings. The van der Waals surface area contributed by atoms with E-state index < -0.39 is 0 Å². The van der Waals surface area contributed by atoms with Crippen molar-refractivity contribution in [3.63, 3.8) is 0 Å². The van der Waals surface area contributed by atoms with Crippen LogP contribution in [0.5, 0.6) is 0 Å². The maximum absolute atomic E-state index is 5.97. The fourth-order valence-corrected chi connectivity index (χ4v) is 2.20. The molecule has 0 amide bonds. The van der Waals surface area contributed by atoms with Gasteiger partial charge in [-0.15, -0.1) is 0 Å². The first-order chi connectivity index (χ1) is 10.1. The van der Waals surface area contributed by atoms with E-state index in [4.69, 9.17) is 16.1 Å². The molecule has 0 radical (unpaired) electrons. The number of hydrogen-bond acceptors (Lipinski definition) is 5. The Morgan fingerprint density at radius 1 is 1.38 bits per heavy atom. The molecule has 6 nitrogen and oxygen atoms in total. The third-order valence-electron chi connectivity index (χ3n) is 3.00. The fraction of sp³-hybridized carbons (Fsp3) is 0.214. The molecule has 0 aliphatic rings. The van der Waals surface area contributed by atoms with E-state index in [9.17, 15) is 0 Å². The number of anilines is 1. The van der Waals surface area contributed by atoms with Gasteiger partial charge in [0.25, 0.3) is 0 Å². The van der Waals surface area contributed by atoms with Gasteiger partial charge in [0.1, 0.15) is 0 Å². The number of nitrogens with zero attached hydrogens (tertiary/aromatic N) is 5. The summed E-state index contributed by atoms with van der Waals surface area (Å²) in [5.41, 5.74) is 1.90. The molecule has 2 aromatic heterocycles. The van der Waals surface area contributed by atoms with E-state index in [1.807, 2.05) is 43.5 Å². The zero-order valence-electron chi connectivity index (χ0n) is 11.7. The van der Waals surface area contributed by atoms with Crippen molar-refractivity contribution in [1.82, 2.24) is 19.9 Å². The Morgan fingerprint density at radius 3 is 2.95 bits per heavy atom. The summed E-state index contributed by atoms with van der Waals surface area (Å²) in [4.78, 5) is 6.26. The molecule has 3 rings (SSSR count). The van der Waals surface area contributed by atoms with Crippen molar-refractivity contribution >= 4 is 17.6 Å². The van der Waals surface area contributed by atoms with Gasteiger partial charge in [0, 0.05) is 36.4 Å². The Balaban J connectivity index is 1.78. The summed E-state index contributed by atoms with van der Waals surface area (Å²) < 4.78 is 7.05. The fourth-order valence-electron chi connectivity index (χ4n) is 2.01. The van der Waals surface area contributed by atoms with E-state index in [2.05, 4.69) is 15.2 Å². The lowest BCUT2D eigenvalue weighted by Crippen LogP contribution is -2.16. The lowest BCUT2D eigenvalue weighted by molar-refractivity contribution is 0.418. The summed E-state index contributed by atoms with van der Waals surface area (Å²) in [5, 5.41) is 8.76. The van der Waals surface area contributed by atoms with Crippen LogP contribution >= 0.6 is 11.6 Å². The normalized spacial score (nSPS) is 10.8. The molecule has 0 saturated carbocycles. The number of hydrogen-bond donors (Lipinski definition) is 0. The number of rotatable bonds is 4. The number of aromatic nitrogens is 4. The molecule has 1 aromatic carbocycles. The van der Waals surface area contributed by atoms with Gasteiger partial charge in [-0.3, -0.25) is 4.68 Å². The number of halogens is 1. The summed E-state index contributed by atoms with van der Waals surface area (Å²) in [6.45, 7) is 0.644. The Hall–Kier alpha value is -2.34. The highest BCUT2D eigenvalue weighted by atomic mass is 35.5. The molecule has 0 aliphatic carbocycles. The second kappa shape index (κ2) is 5.57. The van der Waals surface area contributed by atoms with Gasteiger partial charge >= 0.3 is 6.01 Å². The summed E-state index contributed by atoms with van der Waals surface area (Å²) in [5.74, 6) is 0.519. The highest BCUT2D eigenvalue weighted by Gasteiger charge is 2.13. The third-order valence-corrected chi connectivity index (χ3v) is 3.24. The minimum absolute atomic E-state index is 0.453. The highest BCUT2D eigenvalue weighted by molar-refractivity contribution is 6.30. The largest absolute Gasteiger partial charge is 0.324 e. The van der Waals surface area contributed by atoms with Crippen LogP contribution in [-0.4, -0.2) is 27.0 Å². The zero-order chi connectivity index (χ0) is 14.8. The monoisotopic (exact) mass is 303 g/mol. The van der Waals surface area contributed by atoms with Crippen molar-refractivity contribution in [1.29, 1.82) is 0 Å². The first-order valence-corrected chi connectivity index (χ1v) is 6.78. The molecule has 0 fully saturated rings. The molecule has 0 unspecified atom stereocenters. The Labute approximate surface area is 126 Å². The van der Waals surface area contributed by atoms with E-state index in [-0.39, 0.29) is 0 Å². The molecule has 21 heavy (non-hydrogen) atoms. The smallest absolute Gasteiger partial charge is 0.323 e. The Bertz CT molecular complexity index is 751. The van der Waals surface area contributed by atoms with Gasteiger partial charge in [0.05, 0.1) is 12.7 Å². The van der Waals surface area contributed by atoms with Crippen molar-refractivity contribution in [2.75, 3.05) is 11.9 Å².